The quantitative estimate of drug-likeness (QED) is 0.656. The lowest BCUT2D eigenvalue weighted by Gasteiger charge is -2.32. The third-order valence-corrected chi connectivity index (χ3v) is 6.79. The largest absolute Gasteiger partial charge is 0.356 e. The van der Waals surface area contributed by atoms with Crippen LogP contribution in [-0.2, 0) is 14.8 Å². The molecule has 0 saturated carbocycles. The number of likely N-dealkylation sites (tertiary alicyclic amines) is 1. The molecule has 7 nitrogen and oxygen atoms in total. The van der Waals surface area contributed by atoms with E-state index in [0.29, 0.717) is 35.9 Å². The van der Waals surface area contributed by atoms with E-state index >= 15 is 0 Å². The minimum atomic E-state index is -3.76. The summed E-state index contributed by atoms with van der Waals surface area (Å²) < 4.78 is 27.5. The van der Waals surface area contributed by atoms with Crippen molar-refractivity contribution >= 4 is 39.1 Å². The summed E-state index contributed by atoms with van der Waals surface area (Å²) in [6.07, 6.45) is 2.41. The molecule has 31 heavy (non-hydrogen) atoms. The summed E-state index contributed by atoms with van der Waals surface area (Å²) in [5.74, 6) is -0.374. The molecule has 0 spiro atoms. The van der Waals surface area contributed by atoms with Crippen LogP contribution < -0.4 is 10.0 Å². The summed E-state index contributed by atoms with van der Waals surface area (Å²) in [4.78, 5) is 26.9. The maximum Gasteiger partial charge on any atom is 0.261 e. The number of sulfonamides is 1. The summed E-state index contributed by atoms with van der Waals surface area (Å²) in [6, 6.07) is 12.1. The minimum Gasteiger partial charge on any atom is -0.356 e. The van der Waals surface area contributed by atoms with Crippen molar-refractivity contribution in [1.29, 1.82) is 0 Å². The van der Waals surface area contributed by atoms with Crippen LogP contribution in [0.2, 0.25) is 5.02 Å². The number of benzene rings is 2. The van der Waals surface area contributed by atoms with Crippen molar-refractivity contribution in [1.82, 2.24) is 10.2 Å². The van der Waals surface area contributed by atoms with Crippen LogP contribution in [0.1, 0.15) is 36.5 Å². The fraction of sp³-hybridized carbons (Fsp3) is 0.364. The van der Waals surface area contributed by atoms with Gasteiger partial charge in [-0.05, 0) is 67.8 Å². The van der Waals surface area contributed by atoms with Crippen molar-refractivity contribution in [2.45, 2.75) is 31.1 Å². The molecule has 2 aromatic rings. The van der Waals surface area contributed by atoms with Crippen LogP contribution in [0.4, 0.5) is 5.69 Å². The molecule has 1 aliphatic rings. The molecule has 2 N–H and O–H groups in total. The average molecular weight is 464 g/mol. The van der Waals surface area contributed by atoms with Gasteiger partial charge in [-0.15, -0.1) is 0 Å². The van der Waals surface area contributed by atoms with Crippen LogP contribution in [0.5, 0.6) is 0 Å². The van der Waals surface area contributed by atoms with Crippen LogP contribution in [-0.4, -0.2) is 44.8 Å². The van der Waals surface area contributed by atoms with Gasteiger partial charge in [0.15, 0.2) is 0 Å². The lowest BCUT2D eigenvalue weighted by molar-refractivity contribution is -0.126. The van der Waals surface area contributed by atoms with Gasteiger partial charge in [-0.2, -0.15) is 0 Å². The fourth-order valence-electron chi connectivity index (χ4n) is 3.46. The second-order valence-electron chi connectivity index (χ2n) is 7.52. The Hall–Kier alpha value is -2.58. The molecule has 2 aromatic carbocycles. The Labute approximate surface area is 187 Å². The van der Waals surface area contributed by atoms with E-state index in [1.807, 2.05) is 6.92 Å². The Morgan fingerprint density at radius 1 is 1.10 bits per heavy atom. The monoisotopic (exact) mass is 463 g/mol. The number of nitrogens with one attached hydrogen (secondary N) is 2. The molecule has 1 aliphatic heterocycles. The summed E-state index contributed by atoms with van der Waals surface area (Å²) >= 11 is 5.81. The number of carbonyl (C=O) groups excluding carboxylic acids is 2. The molecule has 2 amide bonds. The summed E-state index contributed by atoms with van der Waals surface area (Å²) in [6.45, 7) is 3.62. The first-order chi connectivity index (χ1) is 14.8. The van der Waals surface area contributed by atoms with Gasteiger partial charge in [0.2, 0.25) is 5.91 Å². The smallest absolute Gasteiger partial charge is 0.261 e. The van der Waals surface area contributed by atoms with Crippen molar-refractivity contribution in [2.75, 3.05) is 24.4 Å². The fourth-order valence-corrected chi connectivity index (χ4v) is 4.64. The van der Waals surface area contributed by atoms with Gasteiger partial charge in [0.1, 0.15) is 0 Å². The van der Waals surface area contributed by atoms with Crippen LogP contribution in [0.15, 0.2) is 53.4 Å². The van der Waals surface area contributed by atoms with E-state index in [9.17, 15) is 18.0 Å². The lowest BCUT2D eigenvalue weighted by Crippen LogP contribution is -2.45. The van der Waals surface area contributed by atoms with Crippen molar-refractivity contribution in [3.63, 3.8) is 0 Å². The van der Waals surface area contributed by atoms with Gasteiger partial charge in [0.25, 0.3) is 15.9 Å². The Bertz CT molecular complexity index is 1020. The van der Waals surface area contributed by atoms with Crippen molar-refractivity contribution in [2.24, 2.45) is 5.92 Å². The van der Waals surface area contributed by atoms with Crippen molar-refractivity contribution in [3.05, 3.63) is 59.1 Å². The Balaban J connectivity index is 1.64. The molecular formula is C22H26ClN3O4S. The Morgan fingerprint density at radius 2 is 1.77 bits per heavy atom. The van der Waals surface area contributed by atoms with Crippen LogP contribution in [0, 0.1) is 5.92 Å². The van der Waals surface area contributed by atoms with E-state index in [1.165, 1.54) is 24.3 Å². The number of nitrogens with zero attached hydrogens (tertiary/aromatic N) is 1. The van der Waals surface area contributed by atoms with Gasteiger partial charge in [-0.1, -0.05) is 18.5 Å². The van der Waals surface area contributed by atoms with Crippen LogP contribution in [0.25, 0.3) is 0 Å². The number of rotatable bonds is 7. The molecule has 166 valence electrons. The zero-order chi connectivity index (χ0) is 22.4. The number of anilines is 1. The van der Waals surface area contributed by atoms with Gasteiger partial charge in [-0.3, -0.25) is 14.3 Å². The molecular weight excluding hydrogens is 438 g/mol. The van der Waals surface area contributed by atoms with Crippen LogP contribution >= 0.6 is 11.6 Å². The van der Waals surface area contributed by atoms with E-state index in [0.717, 1.165) is 19.3 Å². The topological polar surface area (TPSA) is 95.6 Å². The highest BCUT2D eigenvalue weighted by atomic mass is 35.5. The summed E-state index contributed by atoms with van der Waals surface area (Å²) in [5, 5.41) is 3.35. The number of hydrogen-bond acceptors (Lipinski definition) is 4. The number of carbonyl (C=O) groups is 2. The number of piperidine rings is 1. The standard InChI is InChI=1S/C22H26ClN3O4S/c1-2-13-24-21(27)17-4-3-14-26(15-17)22(28)16-5-9-19(10-6-16)25-31(29,30)20-11-7-18(23)8-12-20/h5-12,17,25H,2-4,13-15H2,1H3,(H,24,27)/t17-/m0/s1. The first-order valence-electron chi connectivity index (χ1n) is 10.3. The number of halogens is 1. The normalized spacial score (nSPS) is 16.6. The van der Waals surface area contributed by atoms with Gasteiger partial charge in [-0.25, -0.2) is 8.42 Å². The van der Waals surface area contributed by atoms with Crippen molar-refractivity contribution < 1.29 is 18.0 Å². The molecule has 9 heteroatoms. The maximum absolute atomic E-state index is 12.9. The average Bonchev–Trinajstić information content (AvgIpc) is 2.77. The van der Waals surface area contributed by atoms with E-state index in [1.54, 1.807) is 29.2 Å². The molecule has 0 unspecified atom stereocenters. The third kappa shape index (κ3) is 5.98. The molecule has 0 bridgehead atoms. The third-order valence-electron chi connectivity index (χ3n) is 5.14. The number of hydrogen-bond donors (Lipinski definition) is 2. The first kappa shape index (κ1) is 23.1. The molecule has 0 aliphatic carbocycles. The highest BCUT2D eigenvalue weighted by molar-refractivity contribution is 7.92. The van der Waals surface area contributed by atoms with E-state index in [2.05, 4.69) is 10.0 Å². The lowest BCUT2D eigenvalue weighted by atomic mass is 9.96. The molecule has 0 radical (unpaired) electrons. The molecule has 1 fully saturated rings. The van der Waals surface area contributed by atoms with Gasteiger partial charge in [0, 0.05) is 35.9 Å². The SMILES string of the molecule is CCCNC(=O)[C@H]1CCCN(C(=O)c2ccc(NS(=O)(=O)c3ccc(Cl)cc3)cc2)C1. The van der Waals surface area contributed by atoms with E-state index in [-0.39, 0.29) is 22.6 Å². The van der Waals surface area contributed by atoms with Crippen LogP contribution in [0.3, 0.4) is 0 Å². The second kappa shape index (κ2) is 10.2. The van der Waals surface area contributed by atoms with Gasteiger partial charge >= 0.3 is 0 Å². The van der Waals surface area contributed by atoms with E-state index in [4.69, 9.17) is 11.6 Å². The van der Waals surface area contributed by atoms with Crippen molar-refractivity contribution in [3.8, 4) is 0 Å². The van der Waals surface area contributed by atoms with Gasteiger partial charge in [0.05, 0.1) is 10.8 Å². The maximum atomic E-state index is 12.9. The first-order valence-corrected chi connectivity index (χ1v) is 12.1. The second-order valence-corrected chi connectivity index (χ2v) is 9.64. The minimum absolute atomic E-state index is 0.00805. The zero-order valence-electron chi connectivity index (χ0n) is 17.3. The summed E-state index contributed by atoms with van der Waals surface area (Å²) in [7, 11) is -3.76. The Morgan fingerprint density at radius 3 is 2.42 bits per heavy atom. The number of amides is 2. The molecule has 1 atom stereocenters. The summed E-state index contributed by atoms with van der Waals surface area (Å²) in [5.41, 5.74) is 0.797. The molecule has 3 rings (SSSR count). The highest BCUT2D eigenvalue weighted by Gasteiger charge is 2.28. The molecule has 1 heterocycles. The molecule has 0 aromatic heterocycles. The van der Waals surface area contributed by atoms with Gasteiger partial charge < -0.3 is 10.2 Å². The zero-order valence-corrected chi connectivity index (χ0v) is 18.9. The Kier molecular flexibility index (Phi) is 7.56. The van der Waals surface area contributed by atoms with E-state index < -0.39 is 10.0 Å². The predicted molar refractivity (Wildman–Crippen MR) is 121 cm³/mol. The predicted octanol–water partition coefficient (Wildman–Crippen LogP) is 3.52. The molecule has 1 saturated heterocycles. The highest BCUT2D eigenvalue weighted by Crippen LogP contribution is 2.21.